The topological polar surface area (TPSA) is 97.5 Å². The highest BCUT2D eigenvalue weighted by Gasteiger charge is 2.31. The standard InChI is InChI=1S/C28H24ClN5O4/c29-22-7-4-14-34-23(17-30-24(22)34)27(36)33-15-12-19(13-16-33)18-8-10-21(11-9-18)31-25(35)28-37-26(32-38-28)20-5-2-1-3-6-20/h1-11,14,17,19,28H,12-13,15-16H2,(H,31,35). The van der Waals surface area contributed by atoms with E-state index >= 15 is 0 Å². The maximum Gasteiger partial charge on any atom is 0.346 e. The minimum atomic E-state index is -1.14. The first-order chi connectivity index (χ1) is 18.6. The largest absolute Gasteiger partial charge is 0.424 e. The summed E-state index contributed by atoms with van der Waals surface area (Å²) in [7, 11) is 0. The lowest BCUT2D eigenvalue weighted by atomic mass is 9.89. The van der Waals surface area contributed by atoms with Crippen LogP contribution in [0.3, 0.4) is 0 Å². The van der Waals surface area contributed by atoms with Crippen molar-refractivity contribution in [3.8, 4) is 0 Å². The van der Waals surface area contributed by atoms with E-state index in [1.165, 1.54) is 5.56 Å². The number of benzene rings is 2. The summed E-state index contributed by atoms with van der Waals surface area (Å²) in [5.74, 6) is 0.111. The van der Waals surface area contributed by atoms with Crippen LogP contribution < -0.4 is 5.32 Å². The number of halogens is 1. The molecule has 0 bridgehead atoms. The van der Waals surface area contributed by atoms with E-state index in [0.717, 1.165) is 18.4 Å². The van der Waals surface area contributed by atoms with Gasteiger partial charge in [-0.15, -0.1) is 0 Å². The van der Waals surface area contributed by atoms with E-state index in [1.807, 2.05) is 59.5 Å². The molecule has 0 aliphatic carbocycles. The van der Waals surface area contributed by atoms with Crippen molar-refractivity contribution in [1.82, 2.24) is 14.3 Å². The second-order valence-electron chi connectivity index (χ2n) is 9.19. The van der Waals surface area contributed by atoms with Gasteiger partial charge in [-0.3, -0.25) is 14.0 Å². The zero-order chi connectivity index (χ0) is 26.1. The van der Waals surface area contributed by atoms with Crippen LogP contribution in [0.25, 0.3) is 5.65 Å². The maximum absolute atomic E-state index is 13.1. The number of likely N-dealkylation sites (tertiary alicyclic amines) is 1. The van der Waals surface area contributed by atoms with Crippen LogP contribution in [0.15, 0.2) is 84.3 Å². The molecule has 0 saturated carbocycles. The number of rotatable bonds is 5. The predicted molar refractivity (Wildman–Crippen MR) is 142 cm³/mol. The number of amides is 2. The number of aromatic nitrogens is 2. The number of ether oxygens (including phenoxy) is 1. The van der Waals surface area contributed by atoms with E-state index in [0.29, 0.717) is 41.1 Å². The van der Waals surface area contributed by atoms with Gasteiger partial charge >= 0.3 is 12.2 Å². The zero-order valence-corrected chi connectivity index (χ0v) is 21.0. The number of nitrogens with zero attached hydrogens (tertiary/aromatic N) is 4. The number of anilines is 1. The summed E-state index contributed by atoms with van der Waals surface area (Å²) in [6.07, 6.45) is 3.93. The van der Waals surface area contributed by atoms with Gasteiger partial charge in [-0.05, 0) is 65.9 Å². The summed E-state index contributed by atoms with van der Waals surface area (Å²) in [4.78, 5) is 37.1. The Morgan fingerprint density at radius 2 is 1.74 bits per heavy atom. The summed E-state index contributed by atoms with van der Waals surface area (Å²) >= 11 is 6.20. The molecular weight excluding hydrogens is 506 g/mol. The Hall–Kier alpha value is -4.37. The van der Waals surface area contributed by atoms with Gasteiger partial charge in [0.2, 0.25) is 0 Å². The van der Waals surface area contributed by atoms with Gasteiger partial charge in [-0.1, -0.05) is 41.9 Å². The predicted octanol–water partition coefficient (Wildman–Crippen LogP) is 4.68. The zero-order valence-electron chi connectivity index (χ0n) is 20.3. The fourth-order valence-corrected chi connectivity index (χ4v) is 5.01. The van der Waals surface area contributed by atoms with Crippen molar-refractivity contribution in [3.05, 3.63) is 101 Å². The van der Waals surface area contributed by atoms with Gasteiger partial charge in [0.15, 0.2) is 5.65 Å². The Bertz CT molecular complexity index is 1510. The molecule has 2 aromatic carbocycles. The van der Waals surface area contributed by atoms with E-state index in [9.17, 15) is 9.59 Å². The molecule has 4 aromatic rings. The highest BCUT2D eigenvalue weighted by atomic mass is 35.5. The molecule has 0 radical (unpaired) electrons. The van der Waals surface area contributed by atoms with Gasteiger partial charge in [0, 0.05) is 30.5 Å². The van der Waals surface area contributed by atoms with Crippen molar-refractivity contribution in [1.29, 1.82) is 0 Å². The lowest BCUT2D eigenvalue weighted by molar-refractivity contribution is -0.141. The third kappa shape index (κ3) is 4.68. The van der Waals surface area contributed by atoms with E-state index in [-0.39, 0.29) is 11.8 Å². The average Bonchev–Trinajstić information content (AvgIpc) is 3.63. The van der Waals surface area contributed by atoms with E-state index in [4.69, 9.17) is 21.2 Å². The van der Waals surface area contributed by atoms with Gasteiger partial charge in [-0.25, -0.2) is 4.98 Å². The molecule has 6 rings (SSSR count). The number of imidazole rings is 1. The number of carbonyl (C=O) groups excluding carboxylic acids is 2. The van der Waals surface area contributed by atoms with E-state index < -0.39 is 12.2 Å². The molecule has 2 amide bonds. The Labute approximate surface area is 223 Å². The third-order valence-corrected chi connectivity index (χ3v) is 7.12. The maximum atomic E-state index is 13.1. The van der Waals surface area contributed by atoms with Gasteiger partial charge in [0.05, 0.1) is 11.2 Å². The molecule has 0 spiro atoms. The first kappa shape index (κ1) is 24.0. The highest BCUT2D eigenvalue weighted by Crippen LogP contribution is 2.30. The molecule has 2 aliphatic rings. The van der Waals surface area contributed by atoms with Gasteiger partial charge in [0.1, 0.15) is 5.69 Å². The molecule has 9 nitrogen and oxygen atoms in total. The Morgan fingerprint density at radius 1 is 0.974 bits per heavy atom. The van der Waals surface area contributed by atoms with Gasteiger partial charge in [0.25, 0.3) is 11.8 Å². The van der Waals surface area contributed by atoms with Crippen LogP contribution >= 0.6 is 11.6 Å². The SMILES string of the molecule is O=C(Nc1ccc(C2CCN(C(=O)c3cnc4c(Cl)cccn34)CC2)cc1)C1ON=C(c2ccccc2)O1. The number of hydrogen-bond donors (Lipinski definition) is 1. The monoisotopic (exact) mass is 529 g/mol. The summed E-state index contributed by atoms with van der Waals surface area (Å²) in [5, 5.41) is 7.20. The smallest absolute Gasteiger partial charge is 0.346 e. The Balaban J connectivity index is 1.02. The van der Waals surface area contributed by atoms with E-state index in [2.05, 4.69) is 15.5 Å². The molecule has 38 heavy (non-hydrogen) atoms. The molecule has 1 saturated heterocycles. The molecule has 1 unspecified atom stereocenters. The van der Waals surface area contributed by atoms with Gasteiger partial charge < -0.3 is 19.8 Å². The van der Waals surface area contributed by atoms with Crippen molar-refractivity contribution in [3.63, 3.8) is 0 Å². The van der Waals surface area contributed by atoms with Crippen molar-refractivity contribution >= 4 is 40.6 Å². The van der Waals surface area contributed by atoms with Crippen LogP contribution in [0.5, 0.6) is 0 Å². The fraction of sp³-hybridized carbons (Fsp3) is 0.214. The van der Waals surface area contributed by atoms with Crippen molar-refractivity contribution in [2.75, 3.05) is 18.4 Å². The van der Waals surface area contributed by atoms with Crippen molar-refractivity contribution in [2.45, 2.75) is 25.0 Å². The molecule has 1 fully saturated rings. The summed E-state index contributed by atoms with van der Waals surface area (Å²) < 4.78 is 7.29. The molecule has 2 aromatic heterocycles. The fourth-order valence-electron chi connectivity index (χ4n) is 4.80. The average molecular weight is 530 g/mol. The number of pyridine rings is 1. The van der Waals surface area contributed by atoms with Crippen LogP contribution in [-0.2, 0) is 14.4 Å². The Kier molecular flexibility index (Phi) is 6.43. The van der Waals surface area contributed by atoms with Crippen LogP contribution in [0.4, 0.5) is 5.69 Å². The minimum absolute atomic E-state index is 0.0490. The summed E-state index contributed by atoms with van der Waals surface area (Å²) in [5.41, 5.74) is 3.63. The number of oxime groups is 1. The molecular formula is C28H24ClN5O4. The normalized spacial score (nSPS) is 17.6. The third-order valence-electron chi connectivity index (χ3n) is 6.82. The first-order valence-corrected chi connectivity index (χ1v) is 12.7. The molecule has 4 heterocycles. The molecule has 1 N–H and O–H groups in total. The van der Waals surface area contributed by atoms with Crippen LogP contribution in [0, 0.1) is 0 Å². The lowest BCUT2D eigenvalue weighted by Crippen LogP contribution is -2.38. The highest BCUT2D eigenvalue weighted by molar-refractivity contribution is 6.33. The van der Waals surface area contributed by atoms with Gasteiger partial charge in [-0.2, -0.15) is 0 Å². The number of piperidine rings is 1. The summed E-state index contributed by atoms with van der Waals surface area (Å²) in [6.45, 7) is 1.30. The number of fused-ring (bicyclic) bond motifs is 1. The first-order valence-electron chi connectivity index (χ1n) is 12.3. The minimum Gasteiger partial charge on any atom is -0.424 e. The number of nitrogens with one attached hydrogen (secondary N) is 1. The van der Waals surface area contributed by atoms with Crippen LogP contribution in [0.1, 0.15) is 40.4 Å². The summed E-state index contributed by atoms with van der Waals surface area (Å²) in [6, 6.07) is 20.6. The molecule has 10 heteroatoms. The quantitative estimate of drug-likeness (QED) is 0.405. The van der Waals surface area contributed by atoms with Crippen molar-refractivity contribution in [2.24, 2.45) is 5.16 Å². The Morgan fingerprint density at radius 3 is 2.50 bits per heavy atom. The second-order valence-corrected chi connectivity index (χ2v) is 9.60. The van der Waals surface area contributed by atoms with Crippen LogP contribution in [-0.4, -0.2) is 51.4 Å². The molecule has 192 valence electrons. The lowest BCUT2D eigenvalue weighted by Gasteiger charge is -2.32. The molecule has 1 atom stereocenters. The van der Waals surface area contributed by atoms with E-state index in [1.54, 1.807) is 28.9 Å². The van der Waals surface area contributed by atoms with Crippen LogP contribution in [0.2, 0.25) is 5.02 Å². The number of carbonyl (C=O) groups is 2. The molecule has 2 aliphatic heterocycles. The number of hydrogen-bond acceptors (Lipinski definition) is 6. The van der Waals surface area contributed by atoms with Crippen molar-refractivity contribution < 1.29 is 19.2 Å². The second kappa shape index (κ2) is 10.2.